The number of hydrogen-bond acceptors (Lipinski definition) is 3. The Balaban J connectivity index is 0.00000243. The van der Waals surface area contributed by atoms with Gasteiger partial charge in [0.1, 0.15) is 5.82 Å². The summed E-state index contributed by atoms with van der Waals surface area (Å²) >= 11 is 0. The molecule has 0 saturated carbocycles. The standard InChI is InChI=1S/C20H24FN3O.ClH/c21-17-7-4-8-18(11-17)23-20(25)9-10-24-13-16(12-22)19(14-24)15-5-2-1-3-6-15;/h1-8,11,16,19H,9-10,12-14,22H2,(H,23,25);1H/t16-,19+;/m1./s1. The van der Waals surface area contributed by atoms with Crippen LogP contribution in [0.1, 0.15) is 17.9 Å². The van der Waals surface area contributed by atoms with E-state index in [0.717, 1.165) is 13.1 Å². The monoisotopic (exact) mass is 377 g/mol. The summed E-state index contributed by atoms with van der Waals surface area (Å²) in [5.74, 6) is 0.373. The maximum absolute atomic E-state index is 13.2. The van der Waals surface area contributed by atoms with Gasteiger partial charge >= 0.3 is 0 Å². The molecule has 0 aromatic heterocycles. The average Bonchev–Trinajstić information content (AvgIpc) is 3.04. The van der Waals surface area contributed by atoms with Crippen molar-refractivity contribution in [1.29, 1.82) is 0 Å². The summed E-state index contributed by atoms with van der Waals surface area (Å²) < 4.78 is 13.2. The molecule has 2 aromatic carbocycles. The Bertz CT molecular complexity index is 713. The van der Waals surface area contributed by atoms with Crippen LogP contribution >= 0.6 is 12.4 Å². The van der Waals surface area contributed by atoms with Crippen LogP contribution in [0, 0.1) is 11.7 Å². The highest BCUT2D eigenvalue weighted by molar-refractivity contribution is 5.90. The minimum absolute atomic E-state index is 0. The molecule has 1 amide bonds. The summed E-state index contributed by atoms with van der Waals surface area (Å²) in [7, 11) is 0. The topological polar surface area (TPSA) is 58.4 Å². The number of benzene rings is 2. The van der Waals surface area contributed by atoms with E-state index in [2.05, 4.69) is 34.5 Å². The summed E-state index contributed by atoms with van der Waals surface area (Å²) in [5, 5.41) is 2.74. The third-order valence-corrected chi connectivity index (χ3v) is 4.81. The van der Waals surface area contributed by atoms with Crippen LogP contribution in [-0.2, 0) is 4.79 Å². The highest BCUT2D eigenvalue weighted by atomic mass is 35.5. The first kappa shape index (κ1) is 20.4. The SMILES string of the molecule is Cl.NC[C@@H]1CN(CCC(=O)Nc2cccc(F)c2)C[C@H]1c1ccccc1. The number of carbonyl (C=O) groups excluding carboxylic acids is 1. The van der Waals surface area contributed by atoms with Gasteiger partial charge in [-0.15, -0.1) is 12.4 Å². The number of halogens is 2. The molecular formula is C20H25ClFN3O. The number of nitrogens with one attached hydrogen (secondary N) is 1. The number of amides is 1. The molecule has 1 heterocycles. The number of hydrogen-bond donors (Lipinski definition) is 2. The highest BCUT2D eigenvalue weighted by Gasteiger charge is 2.32. The van der Waals surface area contributed by atoms with E-state index >= 15 is 0 Å². The van der Waals surface area contributed by atoms with Crippen LogP contribution < -0.4 is 11.1 Å². The molecule has 0 radical (unpaired) electrons. The van der Waals surface area contributed by atoms with Gasteiger partial charge < -0.3 is 16.0 Å². The van der Waals surface area contributed by atoms with Crippen LogP contribution in [0.25, 0.3) is 0 Å². The second-order valence-corrected chi connectivity index (χ2v) is 6.58. The van der Waals surface area contributed by atoms with Crippen molar-refractivity contribution in [3.63, 3.8) is 0 Å². The van der Waals surface area contributed by atoms with Crippen LogP contribution in [0.3, 0.4) is 0 Å². The van der Waals surface area contributed by atoms with E-state index in [-0.39, 0.29) is 24.1 Å². The fourth-order valence-electron chi connectivity index (χ4n) is 3.51. The molecule has 1 fully saturated rings. The van der Waals surface area contributed by atoms with Gasteiger partial charge in [-0.3, -0.25) is 4.79 Å². The number of rotatable bonds is 6. The smallest absolute Gasteiger partial charge is 0.225 e. The first-order chi connectivity index (χ1) is 12.2. The summed E-state index contributed by atoms with van der Waals surface area (Å²) in [6, 6.07) is 16.4. The molecule has 0 spiro atoms. The third-order valence-electron chi connectivity index (χ3n) is 4.81. The van der Waals surface area contributed by atoms with E-state index in [0.29, 0.717) is 37.0 Å². The molecule has 2 atom stereocenters. The van der Waals surface area contributed by atoms with Gasteiger partial charge in [0.25, 0.3) is 0 Å². The molecule has 26 heavy (non-hydrogen) atoms. The van der Waals surface area contributed by atoms with Crippen LogP contribution in [0.4, 0.5) is 10.1 Å². The van der Waals surface area contributed by atoms with Gasteiger partial charge in [0.15, 0.2) is 0 Å². The average molecular weight is 378 g/mol. The van der Waals surface area contributed by atoms with Crippen molar-refractivity contribution in [2.75, 3.05) is 31.5 Å². The maximum atomic E-state index is 13.2. The van der Waals surface area contributed by atoms with E-state index in [1.807, 2.05) is 6.07 Å². The molecule has 140 valence electrons. The first-order valence-electron chi connectivity index (χ1n) is 8.68. The molecule has 2 aromatic rings. The van der Waals surface area contributed by atoms with Gasteiger partial charge in [-0.25, -0.2) is 4.39 Å². The third kappa shape index (κ3) is 5.27. The fraction of sp³-hybridized carbons (Fsp3) is 0.350. The molecule has 1 aliphatic heterocycles. The van der Waals surface area contributed by atoms with Crippen LogP contribution in [0.5, 0.6) is 0 Å². The Hall–Kier alpha value is -1.95. The molecular weight excluding hydrogens is 353 g/mol. The Kier molecular flexibility index (Phi) is 7.57. The van der Waals surface area contributed by atoms with Gasteiger partial charge in [0.2, 0.25) is 5.91 Å². The number of nitrogens with two attached hydrogens (primary N) is 1. The summed E-state index contributed by atoms with van der Waals surface area (Å²) in [6.07, 6.45) is 0.384. The number of likely N-dealkylation sites (tertiary alicyclic amines) is 1. The Morgan fingerprint density at radius 3 is 2.62 bits per heavy atom. The zero-order valence-electron chi connectivity index (χ0n) is 14.6. The molecule has 1 aliphatic rings. The largest absolute Gasteiger partial charge is 0.330 e. The van der Waals surface area contributed by atoms with Crippen LogP contribution in [-0.4, -0.2) is 37.0 Å². The Labute approximate surface area is 160 Å². The Morgan fingerprint density at radius 2 is 1.92 bits per heavy atom. The fourth-order valence-corrected chi connectivity index (χ4v) is 3.51. The zero-order valence-corrected chi connectivity index (χ0v) is 15.4. The van der Waals surface area contributed by atoms with E-state index in [9.17, 15) is 9.18 Å². The van der Waals surface area contributed by atoms with Gasteiger partial charge in [-0.2, -0.15) is 0 Å². The van der Waals surface area contributed by atoms with E-state index in [1.165, 1.54) is 17.7 Å². The van der Waals surface area contributed by atoms with E-state index in [1.54, 1.807) is 12.1 Å². The summed E-state index contributed by atoms with van der Waals surface area (Å²) in [4.78, 5) is 14.4. The van der Waals surface area contributed by atoms with Crippen molar-refractivity contribution in [2.45, 2.75) is 12.3 Å². The minimum atomic E-state index is -0.353. The van der Waals surface area contributed by atoms with Crippen LogP contribution in [0.15, 0.2) is 54.6 Å². The lowest BCUT2D eigenvalue weighted by Crippen LogP contribution is -2.27. The van der Waals surface area contributed by atoms with Gasteiger partial charge in [0.05, 0.1) is 0 Å². The van der Waals surface area contributed by atoms with Gasteiger partial charge in [0, 0.05) is 37.7 Å². The second kappa shape index (κ2) is 9.67. The van der Waals surface area contributed by atoms with Crippen molar-refractivity contribution in [2.24, 2.45) is 11.7 Å². The first-order valence-corrected chi connectivity index (χ1v) is 8.68. The number of nitrogens with zero attached hydrogens (tertiary/aromatic N) is 1. The molecule has 6 heteroatoms. The molecule has 3 N–H and O–H groups in total. The highest BCUT2D eigenvalue weighted by Crippen LogP contribution is 2.31. The molecule has 4 nitrogen and oxygen atoms in total. The quantitative estimate of drug-likeness (QED) is 0.812. The van der Waals surface area contributed by atoms with Crippen LogP contribution in [0.2, 0.25) is 0 Å². The molecule has 0 unspecified atom stereocenters. The molecule has 3 rings (SSSR count). The lowest BCUT2D eigenvalue weighted by atomic mass is 9.89. The predicted octanol–water partition coefficient (Wildman–Crippen LogP) is 3.25. The molecule has 0 bridgehead atoms. The molecule has 1 saturated heterocycles. The second-order valence-electron chi connectivity index (χ2n) is 6.58. The lowest BCUT2D eigenvalue weighted by molar-refractivity contribution is -0.116. The number of carbonyl (C=O) groups is 1. The van der Waals surface area contributed by atoms with Crippen molar-refractivity contribution >= 4 is 24.0 Å². The van der Waals surface area contributed by atoms with Crippen molar-refractivity contribution in [3.8, 4) is 0 Å². The summed E-state index contributed by atoms with van der Waals surface area (Å²) in [6.45, 7) is 3.15. The Morgan fingerprint density at radius 1 is 1.15 bits per heavy atom. The van der Waals surface area contributed by atoms with Crippen molar-refractivity contribution in [3.05, 3.63) is 66.0 Å². The predicted molar refractivity (Wildman–Crippen MR) is 105 cm³/mol. The van der Waals surface area contributed by atoms with E-state index in [4.69, 9.17) is 5.73 Å². The molecule has 0 aliphatic carbocycles. The van der Waals surface area contributed by atoms with Gasteiger partial charge in [-0.05, 0) is 36.2 Å². The van der Waals surface area contributed by atoms with E-state index < -0.39 is 0 Å². The maximum Gasteiger partial charge on any atom is 0.225 e. The normalized spacial score (nSPS) is 19.8. The summed E-state index contributed by atoms with van der Waals surface area (Å²) in [5.41, 5.74) is 7.76. The number of anilines is 1. The zero-order chi connectivity index (χ0) is 17.6. The lowest BCUT2D eigenvalue weighted by Gasteiger charge is -2.16. The minimum Gasteiger partial charge on any atom is -0.330 e. The van der Waals surface area contributed by atoms with Crippen molar-refractivity contribution < 1.29 is 9.18 Å². The van der Waals surface area contributed by atoms with Crippen molar-refractivity contribution in [1.82, 2.24) is 4.90 Å². The van der Waals surface area contributed by atoms with Gasteiger partial charge in [-0.1, -0.05) is 36.4 Å².